The average Bonchev–Trinajstić information content (AvgIpc) is 2.42. The van der Waals surface area contributed by atoms with Crippen LogP contribution in [0.25, 0.3) is 0 Å². The Morgan fingerprint density at radius 1 is 1.05 bits per heavy atom. The summed E-state index contributed by atoms with van der Waals surface area (Å²) in [6.45, 7) is 0.430. The molecule has 1 rings (SSSR count). The predicted octanol–water partition coefficient (Wildman–Crippen LogP) is 3.01. The lowest BCUT2D eigenvalue weighted by atomic mass is 10.1. The highest BCUT2D eigenvalue weighted by Crippen LogP contribution is 2.29. The van der Waals surface area contributed by atoms with Gasteiger partial charge in [0.1, 0.15) is 0 Å². The maximum absolute atomic E-state index is 12.4. The lowest BCUT2D eigenvalue weighted by Gasteiger charge is -2.08. The van der Waals surface area contributed by atoms with E-state index in [2.05, 4.69) is 5.32 Å². The van der Waals surface area contributed by atoms with Crippen LogP contribution in [-0.4, -0.2) is 23.5 Å². The van der Waals surface area contributed by atoms with Crippen molar-refractivity contribution in [3.63, 3.8) is 0 Å². The van der Waals surface area contributed by atoms with Gasteiger partial charge in [-0.25, -0.2) is 0 Å². The van der Waals surface area contributed by atoms with Crippen molar-refractivity contribution in [2.45, 2.75) is 38.3 Å². The summed E-state index contributed by atoms with van der Waals surface area (Å²) in [7, 11) is 0. The maximum Gasteiger partial charge on any atom is 0.416 e. The van der Waals surface area contributed by atoms with Gasteiger partial charge in [0.05, 0.1) is 12.0 Å². The fraction of sp³-hybridized carbons (Fsp3) is 0.467. The first-order valence-electron chi connectivity index (χ1n) is 6.93. The van der Waals surface area contributed by atoms with Crippen LogP contribution in [0.15, 0.2) is 24.3 Å². The van der Waals surface area contributed by atoms with Gasteiger partial charge < -0.3 is 10.4 Å². The van der Waals surface area contributed by atoms with E-state index >= 15 is 0 Å². The molecule has 0 atom stereocenters. The molecule has 0 saturated heterocycles. The van der Waals surface area contributed by atoms with Gasteiger partial charge in [-0.2, -0.15) is 13.2 Å². The highest BCUT2D eigenvalue weighted by Gasteiger charge is 2.29. The van der Waals surface area contributed by atoms with E-state index in [1.165, 1.54) is 12.1 Å². The topological polar surface area (TPSA) is 66.4 Å². The maximum atomic E-state index is 12.4. The molecule has 0 aliphatic carbocycles. The Labute approximate surface area is 126 Å². The van der Waals surface area contributed by atoms with E-state index in [0.29, 0.717) is 31.4 Å². The largest absolute Gasteiger partial charge is 0.481 e. The van der Waals surface area contributed by atoms with Crippen molar-refractivity contribution in [3.05, 3.63) is 35.4 Å². The first-order valence-corrected chi connectivity index (χ1v) is 6.93. The number of aliphatic carboxylic acids is 1. The van der Waals surface area contributed by atoms with Gasteiger partial charge in [0.25, 0.3) is 0 Å². The van der Waals surface area contributed by atoms with Crippen LogP contribution in [0.4, 0.5) is 13.2 Å². The fourth-order valence-electron chi connectivity index (χ4n) is 1.87. The van der Waals surface area contributed by atoms with Crippen molar-refractivity contribution >= 4 is 11.9 Å². The molecule has 7 heteroatoms. The molecular formula is C15H18F3NO3. The Morgan fingerprint density at radius 3 is 2.23 bits per heavy atom. The smallest absolute Gasteiger partial charge is 0.416 e. The number of alkyl halides is 3. The molecule has 0 radical (unpaired) electrons. The first kappa shape index (κ1) is 18.0. The van der Waals surface area contributed by atoms with E-state index in [-0.39, 0.29) is 18.7 Å². The number of carbonyl (C=O) groups is 2. The monoisotopic (exact) mass is 317 g/mol. The summed E-state index contributed by atoms with van der Waals surface area (Å²) in [5.74, 6) is -1.11. The molecule has 0 aliphatic heterocycles. The van der Waals surface area contributed by atoms with Crippen LogP contribution < -0.4 is 5.32 Å². The van der Waals surface area contributed by atoms with E-state index in [4.69, 9.17) is 5.11 Å². The average molecular weight is 317 g/mol. The van der Waals surface area contributed by atoms with Crippen LogP contribution in [-0.2, 0) is 22.2 Å². The number of carboxylic acid groups (broad SMARTS) is 1. The Kier molecular flexibility index (Phi) is 6.88. The van der Waals surface area contributed by atoms with E-state index in [0.717, 1.165) is 12.1 Å². The zero-order valence-electron chi connectivity index (χ0n) is 11.9. The second-order valence-corrected chi connectivity index (χ2v) is 4.93. The molecule has 1 aromatic carbocycles. The zero-order valence-corrected chi connectivity index (χ0v) is 11.9. The van der Waals surface area contributed by atoms with Crippen molar-refractivity contribution in [2.75, 3.05) is 6.54 Å². The predicted molar refractivity (Wildman–Crippen MR) is 74.3 cm³/mol. The summed E-state index contributed by atoms with van der Waals surface area (Å²) in [4.78, 5) is 21.9. The molecule has 0 saturated carbocycles. The molecule has 0 spiro atoms. The number of hydrogen-bond acceptors (Lipinski definition) is 2. The molecule has 0 fully saturated rings. The Hall–Kier alpha value is -2.05. The van der Waals surface area contributed by atoms with Crippen LogP contribution in [0.2, 0.25) is 0 Å². The number of carbonyl (C=O) groups excluding carboxylic acids is 1. The standard InChI is InChI=1S/C15H18F3NO3/c16-15(17,18)12-7-5-11(6-8-12)10-13(20)19-9-3-1-2-4-14(21)22/h5-8H,1-4,9-10H2,(H,19,20)(H,21,22). The fourth-order valence-corrected chi connectivity index (χ4v) is 1.87. The molecule has 22 heavy (non-hydrogen) atoms. The lowest BCUT2D eigenvalue weighted by molar-refractivity contribution is -0.138. The van der Waals surface area contributed by atoms with Crippen LogP contribution in [0.3, 0.4) is 0 Å². The van der Waals surface area contributed by atoms with Gasteiger partial charge in [0.2, 0.25) is 5.91 Å². The number of benzene rings is 1. The third-order valence-corrected chi connectivity index (χ3v) is 3.04. The number of halogens is 3. The van der Waals surface area contributed by atoms with E-state index in [1.807, 2.05) is 0 Å². The minimum atomic E-state index is -4.38. The Balaban J connectivity index is 2.26. The normalized spacial score (nSPS) is 11.2. The number of amides is 1. The van der Waals surface area contributed by atoms with Gasteiger partial charge in [-0.05, 0) is 30.5 Å². The van der Waals surface area contributed by atoms with Crippen LogP contribution >= 0.6 is 0 Å². The van der Waals surface area contributed by atoms with Gasteiger partial charge >= 0.3 is 12.1 Å². The number of unbranched alkanes of at least 4 members (excludes halogenated alkanes) is 2. The third kappa shape index (κ3) is 7.10. The van der Waals surface area contributed by atoms with Gasteiger partial charge in [-0.15, -0.1) is 0 Å². The molecule has 1 aromatic rings. The summed E-state index contributed by atoms with van der Waals surface area (Å²) < 4.78 is 37.2. The van der Waals surface area contributed by atoms with Crippen LogP contribution in [0.1, 0.15) is 36.8 Å². The molecule has 122 valence electrons. The molecule has 4 nitrogen and oxygen atoms in total. The van der Waals surface area contributed by atoms with Gasteiger partial charge in [0, 0.05) is 13.0 Å². The Morgan fingerprint density at radius 2 is 1.68 bits per heavy atom. The zero-order chi connectivity index (χ0) is 16.6. The van der Waals surface area contributed by atoms with E-state index in [9.17, 15) is 22.8 Å². The molecular weight excluding hydrogens is 299 g/mol. The summed E-state index contributed by atoms with van der Waals surface area (Å²) in [5.41, 5.74) is -0.230. The quantitative estimate of drug-likeness (QED) is 0.724. The van der Waals surface area contributed by atoms with Gasteiger partial charge in [-0.3, -0.25) is 9.59 Å². The lowest BCUT2D eigenvalue weighted by Crippen LogP contribution is -2.26. The number of nitrogens with one attached hydrogen (secondary N) is 1. The highest BCUT2D eigenvalue weighted by atomic mass is 19.4. The first-order chi connectivity index (χ1) is 10.3. The second-order valence-electron chi connectivity index (χ2n) is 4.93. The minimum Gasteiger partial charge on any atom is -0.481 e. The van der Waals surface area contributed by atoms with Crippen molar-refractivity contribution in [2.24, 2.45) is 0 Å². The summed E-state index contributed by atoms with van der Waals surface area (Å²) in [6.07, 6.45) is -2.31. The summed E-state index contributed by atoms with van der Waals surface area (Å²) >= 11 is 0. The molecule has 0 aromatic heterocycles. The third-order valence-electron chi connectivity index (χ3n) is 3.04. The molecule has 2 N–H and O–H groups in total. The molecule has 0 heterocycles. The van der Waals surface area contributed by atoms with Crippen LogP contribution in [0, 0.1) is 0 Å². The van der Waals surface area contributed by atoms with Crippen molar-refractivity contribution in [1.82, 2.24) is 5.32 Å². The molecule has 1 amide bonds. The number of carboxylic acids is 1. The second kappa shape index (κ2) is 8.41. The van der Waals surface area contributed by atoms with Gasteiger partial charge in [0.15, 0.2) is 0 Å². The SMILES string of the molecule is O=C(O)CCCCCNC(=O)Cc1ccc(C(F)(F)F)cc1. The summed E-state index contributed by atoms with van der Waals surface area (Å²) in [6, 6.07) is 4.48. The van der Waals surface area contributed by atoms with Crippen LogP contribution in [0.5, 0.6) is 0 Å². The number of rotatable bonds is 8. The number of hydrogen-bond donors (Lipinski definition) is 2. The van der Waals surface area contributed by atoms with Crippen molar-refractivity contribution in [1.29, 1.82) is 0 Å². The minimum absolute atomic E-state index is 0.0211. The van der Waals surface area contributed by atoms with E-state index in [1.54, 1.807) is 0 Å². The molecule has 0 aliphatic rings. The molecule has 0 bridgehead atoms. The van der Waals surface area contributed by atoms with Crippen molar-refractivity contribution < 1.29 is 27.9 Å². The van der Waals surface area contributed by atoms with Crippen molar-refractivity contribution in [3.8, 4) is 0 Å². The van der Waals surface area contributed by atoms with Gasteiger partial charge in [-0.1, -0.05) is 18.6 Å². The highest BCUT2D eigenvalue weighted by molar-refractivity contribution is 5.78. The Bertz CT molecular complexity index is 498. The molecule has 0 unspecified atom stereocenters. The summed E-state index contributed by atoms with van der Waals surface area (Å²) in [5, 5.41) is 11.1. The van der Waals surface area contributed by atoms with E-state index < -0.39 is 17.7 Å².